The molecular formula is C29H32N2O5. The number of Topliss-reactive ketones (excluding diaryl/α,β-unsaturated/α-hetero) is 1. The van der Waals surface area contributed by atoms with Gasteiger partial charge in [-0.1, -0.05) is 18.2 Å². The molecule has 1 amide bonds. The number of hydrogen-bond donors (Lipinski definition) is 3. The number of phenols is 2. The number of carbonyl (C=O) groups excluding carboxylic acids is 2. The number of nitrogens with zero attached hydrogens (tertiary/aromatic N) is 1. The van der Waals surface area contributed by atoms with Gasteiger partial charge in [-0.2, -0.15) is 0 Å². The Morgan fingerprint density at radius 2 is 1.92 bits per heavy atom. The van der Waals surface area contributed by atoms with Crippen LogP contribution >= 0.6 is 0 Å². The third-order valence-corrected chi connectivity index (χ3v) is 9.55. The number of benzene rings is 2. The number of aromatic hydroxyl groups is 2. The van der Waals surface area contributed by atoms with E-state index >= 15 is 0 Å². The van der Waals surface area contributed by atoms with Gasteiger partial charge < -0.3 is 20.3 Å². The van der Waals surface area contributed by atoms with Crippen LogP contribution in [0.15, 0.2) is 36.4 Å². The summed E-state index contributed by atoms with van der Waals surface area (Å²) in [5, 5.41) is 23.8. The van der Waals surface area contributed by atoms with Crippen LogP contribution in [0.1, 0.15) is 55.2 Å². The van der Waals surface area contributed by atoms with Gasteiger partial charge in [0.2, 0.25) is 5.91 Å². The van der Waals surface area contributed by atoms with Crippen molar-refractivity contribution in [2.75, 3.05) is 13.1 Å². The SMILES string of the molecule is O=C(CCc1ccc(O)cc1)N[C@@]12CCC(=O)[C@@H]3Oc4c(O)ccc5c4[C@@]31CCN(CC1CC1)C2C5. The molecule has 3 N–H and O–H groups in total. The number of nitrogens with one attached hydrogen (secondary N) is 1. The predicted molar refractivity (Wildman–Crippen MR) is 132 cm³/mol. The first kappa shape index (κ1) is 22.2. The minimum atomic E-state index is -0.670. The summed E-state index contributed by atoms with van der Waals surface area (Å²) >= 11 is 0. The zero-order chi connectivity index (χ0) is 24.7. The van der Waals surface area contributed by atoms with Crippen molar-refractivity contribution < 1.29 is 24.5 Å². The number of hydrogen-bond acceptors (Lipinski definition) is 6. The van der Waals surface area contributed by atoms with Gasteiger partial charge in [0, 0.05) is 31.0 Å². The summed E-state index contributed by atoms with van der Waals surface area (Å²) in [7, 11) is 0. The van der Waals surface area contributed by atoms with Gasteiger partial charge in [0.25, 0.3) is 0 Å². The lowest BCUT2D eigenvalue weighted by atomic mass is 9.47. The second-order valence-electron chi connectivity index (χ2n) is 11.5. The number of amides is 1. The summed E-state index contributed by atoms with van der Waals surface area (Å²) in [5.74, 6) is 1.51. The van der Waals surface area contributed by atoms with Crippen LogP contribution in [0.5, 0.6) is 17.2 Å². The lowest BCUT2D eigenvalue weighted by Crippen LogP contribution is -2.82. The minimum absolute atomic E-state index is 0.0223. The molecule has 2 aliphatic heterocycles. The molecular weight excluding hydrogens is 456 g/mol. The molecule has 2 saturated carbocycles. The topological polar surface area (TPSA) is 99.1 Å². The lowest BCUT2D eigenvalue weighted by molar-refractivity contribution is -0.150. The van der Waals surface area contributed by atoms with Crippen LogP contribution in [0.25, 0.3) is 0 Å². The molecule has 5 aliphatic rings. The molecule has 2 aromatic carbocycles. The van der Waals surface area contributed by atoms with Crippen LogP contribution in [0.2, 0.25) is 0 Å². The van der Waals surface area contributed by atoms with Crippen LogP contribution in [-0.4, -0.2) is 57.6 Å². The van der Waals surface area contributed by atoms with Crippen LogP contribution in [0.3, 0.4) is 0 Å². The van der Waals surface area contributed by atoms with E-state index in [4.69, 9.17) is 4.74 Å². The highest BCUT2D eigenvalue weighted by Gasteiger charge is 2.73. The van der Waals surface area contributed by atoms with E-state index in [2.05, 4.69) is 10.2 Å². The van der Waals surface area contributed by atoms with E-state index in [1.165, 1.54) is 12.8 Å². The molecule has 3 aliphatic carbocycles. The Bertz CT molecular complexity index is 1260. The maximum Gasteiger partial charge on any atom is 0.220 e. The molecule has 4 atom stereocenters. The third-order valence-electron chi connectivity index (χ3n) is 9.55. The Hall–Kier alpha value is -3.06. The second kappa shape index (κ2) is 7.72. The Labute approximate surface area is 210 Å². The zero-order valence-electron chi connectivity index (χ0n) is 20.3. The van der Waals surface area contributed by atoms with E-state index in [-0.39, 0.29) is 29.2 Å². The fourth-order valence-electron chi connectivity index (χ4n) is 7.79. The number of likely N-dealkylation sites (tertiary alicyclic amines) is 1. The number of phenolic OH excluding ortho intramolecular Hbond substituents is 2. The third kappa shape index (κ3) is 3.01. The number of aryl methyl sites for hydroxylation is 1. The van der Waals surface area contributed by atoms with Crippen LogP contribution in [0, 0.1) is 5.92 Å². The molecule has 1 spiro atoms. The standard InChI is InChI=1S/C29H32N2O5/c32-20-7-3-17(4-8-20)5-10-24(35)30-29-12-11-22(34)27-28(29)13-14-31(16-18-1-2-18)23(29)15-19-6-9-21(33)26(36-27)25(19)28/h3-4,6-9,18,23,27,32-33H,1-2,5,10-16H2,(H,30,35)/t23?,27-,28-,29+/m0/s1. The molecule has 188 valence electrons. The Morgan fingerprint density at radius 3 is 2.69 bits per heavy atom. The smallest absolute Gasteiger partial charge is 0.220 e. The van der Waals surface area contributed by atoms with Crippen molar-refractivity contribution in [3.63, 3.8) is 0 Å². The largest absolute Gasteiger partial charge is 0.508 e. The normalized spacial score (nSPS) is 32.1. The van der Waals surface area contributed by atoms with Gasteiger partial charge >= 0.3 is 0 Å². The van der Waals surface area contributed by atoms with Crippen molar-refractivity contribution in [2.24, 2.45) is 5.92 Å². The minimum Gasteiger partial charge on any atom is -0.508 e. The molecule has 7 heteroatoms. The summed E-state index contributed by atoms with van der Waals surface area (Å²) in [6.45, 7) is 1.90. The van der Waals surface area contributed by atoms with E-state index < -0.39 is 17.1 Å². The number of carbonyl (C=O) groups is 2. The average molecular weight is 489 g/mol. The number of ketones is 1. The molecule has 1 saturated heterocycles. The second-order valence-corrected chi connectivity index (χ2v) is 11.5. The summed E-state index contributed by atoms with van der Waals surface area (Å²) in [6.07, 6.45) is 5.23. The van der Waals surface area contributed by atoms with E-state index in [1.54, 1.807) is 18.2 Å². The molecule has 1 unspecified atom stereocenters. The molecule has 0 radical (unpaired) electrons. The molecule has 36 heavy (non-hydrogen) atoms. The Balaban J connectivity index is 1.29. The maximum atomic E-state index is 13.6. The number of piperidine rings is 1. The highest BCUT2D eigenvalue weighted by molar-refractivity contribution is 5.91. The van der Waals surface area contributed by atoms with Crippen LogP contribution in [-0.2, 0) is 27.8 Å². The summed E-state index contributed by atoms with van der Waals surface area (Å²) < 4.78 is 6.30. The lowest BCUT2D eigenvalue weighted by Gasteiger charge is -2.65. The first-order chi connectivity index (χ1) is 17.4. The fraction of sp³-hybridized carbons (Fsp3) is 0.517. The van der Waals surface area contributed by atoms with Crippen molar-refractivity contribution >= 4 is 11.7 Å². The van der Waals surface area contributed by atoms with E-state index in [0.717, 1.165) is 48.5 Å². The fourth-order valence-corrected chi connectivity index (χ4v) is 7.79. The Kier molecular flexibility index (Phi) is 4.75. The van der Waals surface area contributed by atoms with Crippen molar-refractivity contribution in [1.29, 1.82) is 0 Å². The van der Waals surface area contributed by atoms with E-state index in [1.807, 2.05) is 18.2 Å². The highest BCUT2D eigenvalue weighted by Crippen LogP contribution is 2.65. The van der Waals surface area contributed by atoms with Crippen molar-refractivity contribution in [2.45, 2.75) is 74.5 Å². The van der Waals surface area contributed by atoms with E-state index in [0.29, 0.717) is 31.4 Å². The van der Waals surface area contributed by atoms with Crippen LogP contribution < -0.4 is 10.1 Å². The predicted octanol–water partition coefficient (Wildman–Crippen LogP) is 2.99. The van der Waals surface area contributed by atoms with Crippen molar-refractivity contribution in [1.82, 2.24) is 10.2 Å². The zero-order valence-corrected chi connectivity index (χ0v) is 20.3. The highest BCUT2D eigenvalue weighted by atomic mass is 16.5. The van der Waals surface area contributed by atoms with Gasteiger partial charge in [0.15, 0.2) is 23.4 Å². The van der Waals surface area contributed by atoms with Gasteiger partial charge in [-0.25, -0.2) is 0 Å². The van der Waals surface area contributed by atoms with Gasteiger partial charge in [0.1, 0.15) is 5.75 Å². The van der Waals surface area contributed by atoms with Gasteiger partial charge in [-0.05, 0) is 80.3 Å². The van der Waals surface area contributed by atoms with Gasteiger partial charge in [0.05, 0.1) is 11.0 Å². The maximum absolute atomic E-state index is 13.6. The summed E-state index contributed by atoms with van der Waals surface area (Å²) in [5.41, 5.74) is 1.83. The molecule has 7 nitrogen and oxygen atoms in total. The number of rotatable bonds is 6. The van der Waals surface area contributed by atoms with Crippen molar-refractivity contribution in [3.8, 4) is 17.2 Å². The van der Waals surface area contributed by atoms with Crippen LogP contribution in [0.4, 0.5) is 0 Å². The number of ether oxygens (including phenoxy) is 1. The molecule has 2 bridgehead atoms. The molecule has 0 aromatic heterocycles. The quantitative estimate of drug-likeness (QED) is 0.578. The van der Waals surface area contributed by atoms with Crippen molar-refractivity contribution in [3.05, 3.63) is 53.1 Å². The first-order valence-electron chi connectivity index (χ1n) is 13.3. The summed E-state index contributed by atoms with van der Waals surface area (Å²) in [4.78, 5) is 29.5. The molecule has 2 heterocycles. The van der Waals surface area contributed by atoms with Gasteiger partial charge in [-0.15, -0.1) is 0 Å². The first-order valence-corrected chi connectivity index (χ1v) is 13.3. The van der Waals surface area contributed by atoms with E-state index in [9.17, 15) is 19.8 Å². The monoisotopic (exact) mass is 488 g/mol. The summed E-state index contributed by atoms with van der Waals surface area (Å²) in [6, 6.07) is 10.7. The Morgan fingerprint density at radius 1 is 1.11 bits per heavy atom. The molecule has 7 rings (SSSR count). The molecule has 3 fully saturated rings. The molecule has 2 aromatic rings. The van der Waals surface area contributed by atoms with Gasteiger partial charge in [-0.3, -0.25) is 14.5 Å². The average Bonchev–Trinajstić information content (AvgIpc) is 3.61.